The summed E-state index contributed by atoms with van der Waals surface area (Å²) in [7, 11) is 0. The monoisotopic (exact) mass is 480 g/mol. The van der Waals surface area contributed by atoms with Gasteiger partial charge in [0, 0.05) is 18.1 Å². The first-order valence-corrected chi connectivity index (χ1v) is 13.3. The third-order valence-electron chi connectivity index (χ3n) is 8.94. The molecule has 34 heavy (non-hydrogen) atoms. The Morgan fingerprint density at radius 3 is 2.53 bits per heavy atom. The summed E-state index contributed by atoms with van der Waals surface area (Å²) in [6.07, 6.45) is 8.28. The van der Waals surface area contributed by atoms with E-state index in [-0.39, 0.29) is 16.3 Å². The molecule has 0 unspecified atom stereocenters. The highest BCUT2D eigenvalue weighted by Gasteiger charge is 2.43. The van der Waals surface area contributed by atoms with Crippen LogP contribution in [0.3, 0.4) is 0 Å². The molecular weight excluding hydrogens is 447 g/mol. The number of fused-ring (bicyclic) bond motifs is 3. The lowest BCUT2D eigenvalue weighted by atomic mass is 9.70. The number of aromatic nitrogens is 2. The molecule has 180 valence electrons. The van der Waals surface area contributed by atoms with Gasteiger partial charge in [0.25, 0.3) is 0 Å². The molecule has 3 aliphatic rings. The van der Waals surface area contributed by atoms with Crippen molar-refractivity contribution in [2.24, 2.45) is 0 Å². The number of hydrogen-bond donors (Lipinski definition) is 1. The van der Waals surface area contributed by atoms with Crippen molar-refractivity contribution in [3.05, 3.63) is 64.7 Å². The first-order valence-electron chi connectivity index (χ1n) is 12.9. The van der Waals surface area contributed by atoms with E-state index in [0.717, 1.165) is 50.2 Å². The van der Waals surface area contributed by atoms with Crippen molar-refractivity contribution >= 4 is 22.6 Å². The number of benzene rings is 2. The summed E-state index contributed by atoms with van der Waals surface area (Å²) < 4.78 is 16.4. The van der Waals surface area contributed by atoms with Gasteiger partial charge in [-0.1, -0.05) is 29.8 Å². The molecular formula is C28H34ClFN4. The van der Waals surface area contributed by atoms with Crippen LogP contribution >= 0.6 is 11.6 Å². The first-order chi connectivity index (χ1) is 16.5. The Morgan fingerprint density at radius 2 is 1.79 bits per heavy atom. The van der Waals surface area contributed by atoms with E-state index in [9.17, 15) is 4.39 Å². The molecule has 3 fully saturated rings. The van der Waals surface area contributed by atoms with Crippen LogP contribution in [-0.2, 0) is 5.41 Å². The van der Waals surface area contributed by atoms with E-state index in [1.807, 2.05) is 12.1 Å². The molecule has 0 spiro atoms. The molecule has 2 aromatic carbocycles. The molecule has 6 rings (SSSR count). The van der Waals surface area contributed by atoms with Gasteiger partial charge in [-0.05, 0) is 107 Å². The topological polar surface area (TPSA) is 33.1 Å². The predicted molar refractivity (Wildman–Crippen MR) is 136 cm³/mol. The minimum atomic E-state index is -0.322. The molecule has 0 radical (unpaired) electrons. The number of rotatable bonds is 5. The van der Waals surface area contributed by atoms with Gasteiger partial charge in [-0.3, -0.25) is 4.90 Å². The molecule has 0 aliphatic carbocycles. The summed E-state index contributed by atoms with van der Waals surface area (Å²) in [5, 5.41) is 3.76. The summed E-state index contributed by atoms with van der Waals surface area (Å²) in [5.74, 6) is 0.817. The van der Waals surface area contributed by atoms with Crippen LogP contribution in [0.2, 0.25) is 5.02 Å². The fourth-order valence-electron chi connectivity index (χ4n) is 7.20. The lowest BCUT2D eigenvalue weighted by Crippen LogP contribution is -2.47. The fourth-order valence-corrected chi connectivity index (χ4v) is 7.39. The van der Waals surface area contributed by atoms with E-state index in [2.05, 4.69) is 46.0 Å². The van der Waals surface area contributed by atoms with Crippen molar-refractivity contribution in [3.63, 3.8) is 0 Å². The number of para-hydroxylation sites is 2. The maximum absolute atomic E-state index is 13.9. The van der Waals surface area contributed by atoms with Crippen LogP contribution in [0.4, 0.5) is 4.39 Å². The van der Waals surface area contributed by atoms with Gasteiger partial charge in [0.05, 0.1) is 16.1 Å². The highest BCUT2D eigenvalue weighted by atomic mass is 35.5. The standard InChI is InChI=1S/C28H34ClFN4/c1-19-32-26-4-2-3-5-27(26)34(19)23-17-21-7-8-22(18-23)33(21)15-12-28(10-13-31-14-11-28)20-6-9-25(30)24(29)16-20/h2-6,9,16,21-23,31H,7-8,10-15,17-18H2,1H3/t21-,22+,23+. The number of hydrogen-bond acceptors (Lipinski definition) is 3. The highest BCUT2D eigenvalue weighted by Crippen LogP contribution is 2.44. The second kappa shape index (κ2) is 8.92. The average molecular weight is 481 g/mol. The Hall–Kier alpha value is -1.95. The van der Waals surface area contributed by atoms with Crippen LogP contribution < -0.4 is 5.32 Å². The van der Waals surface area contributed by atoms with Gasteiger partial charge < -0.3 is 9.88 Å². The molecule has 1 aromatic heterocycles. The Kier molecular flexibility index (Phi) is 5.91. The van der Waals surface area contributed by atoms with Gasteiger partial charge in [0.15, 0.2) is 0 Å². The summed E-state index contributed by atoms with van der Waals surface area (Å²) in [4.78, 5) is 7.64. The second-order valence-electron chi connectivity index (χ2n) is 10.7. The largest absolute Gasteiger partial charge is 0.325 e. The van der Waals surface area contributed by atoms with E-state index < -0.39 is 0 Å². The van der Waals surface area contributed by atoms with E-state index in [1.165, 1.54) is 36.8 Å². The molecule has 0 amide bonds. The normalized spacial score (nSPS) is 26.9. The van der Waals surface area contributed by atoms with Crippen molar-refractivity contribution in [2.75, 3.05) is 19.6 Å². The second-order valence-corrected chi connectivity index (χ2v) is 11.1. The molecule has 3 aromatic rings. The van der Waals surface area contributed by atoms with Gasteiger partial charge in [0.2, 0.25) is 0 Å². The maximum Gasteiger partial charge on any atom is 0.141 e. The van der Waals surface area contributed by atoms with Crippen LogP contribution in [0.15, 0.2) is 42.5 Å². The van der Waals surface area contributed by atoms with Crippen molar-refractivity contribution in [2.45, 2.75) is 75.4 Å². The summed E-state index contributed by atoms with van der Waals surface area (Å²) in [6.45, 7) is 5.29. The molecule has 2 bridgehead atoms. The number of imidazole rings is 1. The van der Waals surface area contributed by atoms with Crippen LogP contribution in [-0.4, -0.2) is 46.2 Å². The Morgan fingerprint density at radius 1 is 1.06 bits per heavy atom. The molecule has 0 saturated carbocycles. The van der Waals surface area contributed by atoms with Crippen LogP contribution in [0.5, 0.6) is 0 Å². The summed E-state index contributed by atoms with van der Waals surface area (Å²) in [5.41, 5.74) is 3.68. The molecule has 4 nitrogen and oxygen atoms in total. The van der Waals surface area contributed by atoms with Gasteiger partial charge >= 0.3 is 0 Å². The number of nitrogens with zero attached hydrogens (tertiary/aromatic N) is 3. The smallest absolute Gasteiger partial charge is 0.141 e. The molecule has 3 atom stereocenters. The van der Waals surface area contributed by atoms with Crippen molar-refractivity contribution < 1.29 is 4.39 Å². The van der Waals surface area contributed by atoms with Crippen molar-refractivity contribution in [3.8, 4) is 0 Å². The average Bonchev–Trinajstić information content (AvgIpc) is 3.31. The van der Waals surface area contributed by atoms with E-state index >= 15 is 0 Å². The molecule has 1 N–H and O–H groups in total. The Balaban J connectivity index is 1.21. The predicted octanol–water partition coefficient (Wildman–Crippen LogP) is 6.02. The van der Waals surface area contributed by atoms with Gasteiger partial charge in [-0.15, -0.1) is 0 Å². The third kappa shape index (κ3) is 3.86. The lowest BCUT2D eigenvalue weighted by molar-refractivity contribution is 0.0929. The van der Waals surface area contributed by atoms with Gasteiger partial charge in [-0.2, -0.15) is 0 Å². The minimum Gasteiger partial charge on any atom is -0.325 e. The summed E-state index contributed by atoms with van der Waals surface area (Å²) in [6, 6.07) is 15.8. The zero-order valence-corrected chi connectivity index (χ0v) is 20.7. The maximum atomic E-state index is 13.9. The van der Waals surface area contributed by atoms with Crippen LogP contribution in [0, 0.1) is 12.7 Å². The third-order valence-corrected chi connectivity index (χ3v) is 9.23. The Bertz CT molecular complexity index is 1170. The number of piperidine rings is 2. The van der Waals surface area contributed by atoms with Crippen LogP contribution in [0.1, 0.15) is 62.4 Å². The van der Waals surface area contributed by atoms with Crippen LogP contribution in [0.25, 0.3) is 11.0 Å². The minimum absolute atomic E-state index is 0.0794. The zero-order valence-electron chi connectivity index (χ0n) is 19.9. The van der Waals surface area contributed by atoms with Crippen molar-refractivity contribution in [1.82, 2.24) is 19.8 Å². The van der Waals surface area contributed by atoms with E-state index in [1.54, 1.807) is 6.07 Å². The van der Waals surface area contributed by atoms with E-state index in [4.69, 9.17) is 16.6 Å². The van der Waals surface area contributed by atoms with Crippen molar-refractivity contribution in [1.29, 1.82) is 0 Å². The first kappa shape index (κ1) is 22.5. The number of nitrogens with one attached hydrogen (secondary N) is 1. The SMILES string of the molecule is Cc1nc2ccccc2n1[C@H]1C[C@H]2CC[C@@H](C1)N2CCC1(c2ccc(F)c(Cl)c2)CCNCC1. The Labute approximate surface area is 206 Å². The quantitative estimate of drug-likeness (QED) is 0.485. The lowest BCUT2D eigenvalue weighted by Gasteiger charge is -2.44. The molecule has 3 saturated heterocycles. The molecule has 4 heterocycles. The molecule has 3 aliphatic heterocycles. The van der Waals surface area contributed by atoms with Gasteiger partial charge in [0.1, 0.15) is 11.6 Å². The number of aryl methyl sites for hydroxylation is 1. The number of halogens is 2. The highest BCUT2D eigenvalue weighted by molar-refractivity contribution is 6.30. The summed E-state index contributed by atoms with van der Waals surface area (Å²) >= 11 is 6.21. The van der Waals surface area contributed by atoms with Gasteiger partial charge in [-0.25, -0.2) is 9.37 Å². The van der Waals surface area contributed by atoms with E-state index in [0.29, 0.717) is 18.1 Å². The fraction of sp³-hybridized carbons (Fsp3) is 0.536. The zero-order chi connectivity index (χ0) is 23.3. The molecule has 6 heteroatoms.